The molecule has 0 amide bonds. The van der Waals surface area contributed by atoms with Crippen LogP contribution < -0.4 is 0 Å². The molecule has 0 bridgehead atoms. The van der Waals surface area contributed by atoms with Crippen molar-refractivity contribution in [2.24, 2.45) is 0 Å². The first kappa shape index (κ1) is 11.9. The predicted octanol–water partition coefficient (Wildman–Crippen LogP) is 4.38. The highest BCUT2D eigenvalue weighted by atomic mass is 14.2. The van der Waals surface area contributed by atoms with Crippen LogP contribution in [0, 0.1) is 6.07 Å². The molecule has 0 fully saturated rings. The molecule has 1 radical (unpaired) electrons. The quantitative estimate of drug-likeness (QED) is 0.709. The van der Waals surface area contributed by atoms with E-state index in [0.29, 0.717) is 0 Å². The van der Waals surface area contributed by atoms with Gasteiger partial charge in [-0.3, -0.25) is 0 Å². The maximum absolute atomic E-state index is 3.33. The van der Waals surface area contributed by atoms with Crippen LogP contribution in [0.5, 0.6) is 0 Å². The maximum Gasteiger partial charge on any atom is -0.00195 e. The fourth-order valence-corrected chi connectivity index (χ4v) is 1.90. The lowest BCUT2D eigenvalue weighted by Gasteiger charge is -2.19. The van der Waals surface area contributed by atoms with Crippen LogP contribution in [-0.2, 0) is 11.8 Å². The third-order valence-corrected chi connectivity index (χ3v) is 2.96. The lowest BCUT2D eigenvalue weighted by molar-refractivity contribution is 0.589. The molecule has 2 aromatic carbocycles. The van der Waals surface area contributed by atoms with E-state index in [1.807, 2.05) is 6.07 Å². The van der Waals surface area contributed by atoms with E-state index in [-0.39, 0.29) is 5.41 Å². The summed E-state index contributed by atoms with van der Waals surface area (Å²) < 4.78 is 0. The van der Waals surface area contributed by atoms with Crippen LogP contribution in [0.25, 0.3) is 0 Å². The first-order valence-corrected chi connectivity index (χ1v) is 6.11. The van der Waals surface area contributed by atoms with Crippen LogP contribution in [0.1, 0.15) is 37.5 Å². The molecule has 0 aliphatic carbocycles. The Labute approximate surface area is 104 Å². The van der Waals surface area contributed by atoms with E-state index >= 15 is 0 Å². The normalized spacial score (nSPS) is 11.5. The Kier molecular flexibility index (Phi) is 3.33. The van der Waals surface area contributed by atoms with Crippen molar-refractivity contribution in [3.05, 3.63) is 71.3 Å². The smallest absolute Gasteiger partial charge is 0.00195 e. The zero-order valence-electron chi connectivity index (χ0n) is 10.8. The Morgan fingerprint density at radius 3 is 2.35 bits per heavy atom. The van der Waals surface area contributed by atoms with E-state index in [1.54, 1.807) is 0 Å². The molecule has 0 heteroatoms. The van der Waals surface area contributed by atoms with Crippen molar-refractivity contribution in [3.63, 3.8) is 0 Å². The Morgan fingerprint density at radius 1 is 1.00 bits per heavy atom. The van der Waals surface area contributed by atoms with Crippen LogP contribution >= 0.6 is 0 Å². The van der Waals surface area contributed by atoms with Crippen molar-refractivity contribution in [2.75, 3.05) is 0 Å². The summed E-state index contributed by atoms with van der Waals surface area (Å²) in [4.78, 5) is 0. The number of benzene rings is 2. The molecule has 17 heavy (non-hydrogen) atoms. The van der Waals surface area contributed by atoms with Gasteiger partial charge in [-0.2, -0.15) is 0 Å². The van der Waals surface area contributed by atoms with Gasteiger partial charge in [0, 0.05) is 0 Å². The largest absolute Gasteiger partial charge is 0.0622 e. The van der Waals surface area contributed by atoms with Gasteiger partial charge in [-0.1, -0.05) is 69.3 Å². The molecular weight excluding hydrogens is 204 g/mol. The summed E-state index contributed by atoms with van der Waals surface area (Å²) in [6, 6.07) is 20.4. The summed E-state index contributed by atoms with van der Waals surface area (Å²) in [7, 11) is 0. The molecule has 2 aromatic rings. The molecule has 0 heterocycles. The van der Waals surface area contributed by atoms with Gasteiger partial charge >= 0.3 is 0 Å². The van der Waals surface area contributed by atoms with Gasteiger partial charge in [0.2, 0.25) is 0 Å². The number of hydrogen-bond acceptors (Lipinski definition) is 0. The minimum absolute atomic E-state index is 0.209. The second-order valence-electron chi connectivity index (χ2n) is 5.51. The number of rotatable bonds is 2. The zero-order valence-corrected chi connectivity index (χ0v) is 10.8. The minimum Gasteiger partial charge on any atom is -0.0622 e. The highest BCUT2D eigenvalue weighted by molar-refractivity contribution is 5.31. The lowest BCUT2D eigenvalue weighted by atomic mass is 9.85. The minimum atomic E-state index is 0.209. The van der Waals surface area contributed by atoms with E-state index < -0.39 is 0 Å². The van der Waals surface area contributed by atoms with Crippen molar-refractivity contribution in [2.45, 2.75) is 32.6 Å². The Morgan fingerprint density at radius 2 is 1.71 bits per heavy atom. The standard InChI is InChI=1S/C17H19/c1-17(2,3)16-11-7-10-15(13-16)12-14-8-5-4-6-9-14/h4-9,11,13H,12H2,1-3H3. The molecule has 0 N–H and O–H groups in total. The summed E-state index contributed by atoms with van der Waals surface area (Å²) in [6.45, 7) is 6.73. The molecule has 0 atom stereocenters. The molecule has 0 aliphatic rings. The second-order valence-corrected chi connectivity index (χ2v) is 5.51. The second kappa shape index (κ2) is 4.75. The van der Waals surface area contributed by atoms with Crippen molar-refractivity contribution < 1.29 is 0 Å². The molecule has 0 unspecified atom stereocenters. The Balaban J connectivity index is 2.23. The van der Waals surface area contributed by atoms with Crippen molar-refractivity contribution in [1.82, 2.24) is 0 Å². The molecule has 0 saturated carbocycles. The van der Waals surface area contributed by atoms with Gasteiger partial charge in [0.05, 0.1) is 0 Å². The average molecular weight is 223 g/mol. The fourth-order valence-electron chi connectivity index (χ4n) is 1.90. The van der Waals surface area contributed by atoms with E-state index in [4.69, 9.17) is 0 Å². The SMILES string of the molecule is CC(C)(C)c1cc[c]c(Cc2ccccc2)c1. The molecule has 0 aliphatic heterocycles. The van der Waals surface area contributed by atoms with Gasteiger partial charge in [0.15, 0.2) is 0 Å². The fraction of sp³-hybridized carbons (Fsp3) is 0.294. The molecule has 87 valence electrons. The first-order chi connectivity index (χ1) is 8.05. The van der Waals surface area contributed by atoms with Crippen molar-refractivity contribution in [1.29, 1.82) is 0 Å². The monoisotopic (exact) mass is 223 g/mol. The van der Waals surface area contributed by atoms with Crippen LogP contribution in [0.2, 0.25) is 0 Å². The third-order valence-electron chi connectivity index (χ3n) is 2.96. The average Bonchev–Trinajstić information content (AvgIpc) is 2.29. The van der Waals surface area contributed by atoms with Crippen LogP contribution in [0.4, 0.5) is 0 Å². The molecule has 0 nitrogen and oxygen atoms in total. The molecule has 0 saturated heterocycles. The van der Waals surface area contributed by atoms with E-state index in [9.17, 15) is 0 Å². The molecule has 0 spiro atoms. The zero-order chi connectivity index (χ0) is 12.3. The summed E-state index contributed by atoms with van der Waals surface area (Å²) in [5.41, 5.74) is 4.20. The number of hydrogen-bond donors (Lipinski definition) is 0. The molecule has 0 aromatic heterocycles. The Bertz CT molecular complexity index is 475. The van der Waals surface area contributed by atoms with Crippen LogP contribution in [0.15, 0.2) is 48.5 Å². The van der Waals surface area contributed by atoms with Crippen LogP contribution in [0.3, 0.4) is 0 Å². The van der Waals surface area contributed by atoms with Gasteiger partial charge in [0.1, 0.15) is 0 Å². The predicted molar refractivity (Wildman–Crippen MR) is 73.2 cm³/mol. The van der Waals surface area contributed by atoms with Gasteiger partial charge in [-0.25, -0.2) is 0 Å². The van der Waals surface area contributed by atoms with E-state index in [2.05, 4.69) is 69.3 Å². The molecular formula is C17H19. The molecule has 2 rings (SSSR count). The Hall–Kier alpha value is -1.56. The van der Waals surface area contributed by atoms with Gasteiger partial charge in [-0.15, -0.1) is 0 Å². The third kappa shape index (κ3) is 3.20. The lowest BCUT2D eigenvalue weighted by Crippen LogP contribution is -2.11. The highest BCUT2D eigenvalue weighted by Gasteiger charge is 2.13. The highest BCUT2D eigenvalue weighted by Crippen LogP contribution is 2.23. The van der Waals surface area contributed by atoms with Crippen molar-refractivity contribution in [3.8, 4) is 0 Å². The van der Waals surface area contributed by atoms with Crippen LogP contribution in [-0.4, -0.2) is 0 Å². The van der Waals surface area contributed by atoms with Gasteiger partial charge < -0.3 is 0 Å². The maximum atomic E-state index is 3.33. The summed E-state index contributed by atoms with van der Waals surface area (Å²) in [5.74, 6) is 0. The van der Waals surface area contributed by atoms with Gasteiger partial charge in [0.25, 0.3) is 0 Å². The van der Waals surface area contributed by atoms with E-state index in [1.165, 1.54) is 16.7 Å². The first-order valence-electron chi connectivity index (χ1n) is 6.11. The summed E-state index contributed by atoms with van der Waals surface area (Å²) >= 11 is 0. The van der Waals surface area contributed by atoms with Crippen molar-refractivity contribution >= 4 is 0 Å². The van der Waals surface area contributed by atoms with E-state index in [0.717, 1.165) is 6.42 Å². The van der Waals surface area contributed by atoms with Gasteiger partial charge in [-0.05, 0) is 34.6 Å². The summed E-state index contributed by atoms with van der Waals surface area (Å²) in [5, 5.41) is 0. The topological polar surface area (TPSA) is 0 Å². The summed E-state index contributed by atoms with van der Waals surface area (Å²) in [6.07, 6.45) is 0.963.